The summed E-state index contributed by atoms with van der Waals surface area (Å²) >= 11 is 6.03. The Bertz CT molecular complexity index is 1630. The van der Waals surface area contributed by atoms with Gasteiger partial charge in [-0.25, -0.2) is 4.90 Å². The van der Waals surface area contributed by atoms with Crippen LogP contribution in [0.2, 0.25) is 5.02 Å². The van der Waals surface area contributed by atoms with E-state index < -0.39 is 35.7 Å². The molecule has 40 heavy (non-hydrogen) atoms. The first-order valence-electron chi connectivity index (χ1n) is 12.8. The lowest BCUT2D eigenvalue weighted by molar-refractivity contribution is -0.123. The SMILES string of the molecule is CC(=O)c1ccc(N2C(=O)[C@@H]3[C@H](C2=O)[C@@H](C(=O)c2ccc(Cl)cc2)N2C=CC(C(=O)c4ccccc4)=C[C@H]32)cc1. The highest BCUT2D eigenvalue weighted by molar-refractivity contribution is 6.30. The Kier molecular flexibility index (Phi) is 6.31. The minimum atomic E-state index is -0.972. The van der Waals surface area contributed by atoms with E-state index in [0.717, 1.165) is 4.90 Å². The van der Waals surface area contributed by atoms with Gasteiger partial charge >= 0.3 is 0 Å². The maximum Gasteiger partial charge on any atom is 0.240 e. The van der Waals surface area contributed by atoms with Gasteiger partial charge in [-0.05, 0) is 61.5 Å². The van der Waals surface area contributed by atoms with Crippen molar-refractivity contribution >= 4 is 46.5 Å². The van der Waals surface area contributed by atoms with Crippen LogP contribution in [0.1, 0.15) is 38.0 Å². The number of imide groups is 1. The lowest BCUT2D eigenvalue weighted by atomic mass is 9.85. The fourth-order valence-electron chi connectivity index (χ4n) is 5.84. The Balaban J connectivity index is 1.42. The highest BCUT2D eigenvalue weighted by atomic mass is 35.5. The van der Waals surface area contributed by atoms with E-state index in [0.29, 0.717) is 33.0 Å². The third kappa shape index (κ3) is 4.10. The second-order valence-corrected chi connectivity index (χ2v) is 10.5. The molecule has 3 aromatic rings. The number of anilines is 1. The minimum absolute atomic E-state index is 0.137. The van der Waals surface area contributed by atoms with Crippen LogP contribution in [0.3, 0.4) is 0 Å². The van der Waals surface area contributed by atoms with Crippen molar-refractivity contribution in [3.8, 4) is 0 Å². The molecule has 0 spiro atoms. The van der Waals surface area contributed by atoms with Crippen LogP contribution < -0.4 is 4.90 Å². The number of hydrogen-bond donors (Lipinski definition) is 0. The normalized spacial score (nSPS) is 23.1. The number of halogens is 1. The summed E-state index contributed by atoms with van der Waals surface area (Å²) in [6.45, 7) is 1.43. The number of benzene rings is 3. The summed E-state index contributed by atoms with van der Waals surface area (Å²) in [4.78, 5) is 69.5. The first-order valence-corrected chi connectivity index (χ1v) is 13.2. The second kappa shape index (κ2) is 9.84. The van der Waals surface area contributed by atoms with Crippen LogP contribution in [0.4, 0.5) is 5.69 Å². The predicted molar refractivity (Wildman–Crippen MR) is 149 cm³/mol. The fraction of sp³-hybridized carbons (Fsp3) is 0.156. The van der Waals surface area contributed by atoms with Gasteiger partial charge in [-0.15, -0.1) is 0 Å². The van der Waals surface area contributed by atoms with Crippen molar-refractivity contribution in [2.75, 3.05) is 4.90 Å². The van der Waals surface area contributed by atoms with Gasteiger partial charge in [0.05, 0.1) is 23.6 Å². The van der Waals surface area contributed by atoms with Crippen molar-refractivity contribution in [1.29, 1.82) is 0 Å². The molecule has 0 saturated carbocycles. The van der Waals surface area contributed by atoms with Crippen molar-refractivity contribution in [3.05, 3.63) is 125 Å². The standard InChI is InChI=1S/C32H23ClN2O5/c1-18(36)19-9-13-24(14-10-19)35-31(39)26-25-17-22(29(37)20-5-3-2-4-6-20)15-16-34(25)28(27(26)32(35)40)30(38)21-7-11-23(33)12-8-21/h2-17,25-28H,1H3/t25-,26+,27+,28+/m1/s1. The highest BCUT2D eigenvalue weighted by Gasteiger charge is 2.63. The summed E-state index contributed by atoms with van der Waals surface area (Å²) in [6, 6.07) is 19.8. The Morgan fingerprint density at radius 1 is 0.750 bits per heavy atom. The van der Waals surface area contributed by atoms with Crippen molar-refractivity contribution in [2.24, 2.45) is 11.8 Å². The molecule has 0 aromatic heterocycles. The van der Waals surface area contributed by atoms with E-state index in [1.54, 1.807) is 96.0 Å². The summed E-state index contributed by atoms with van der Waals surface area (Å²) in [7, 11) is 0. The Labute approximate surface area is 235 Å². The van der Waals surface area contributed by atoms with Crippen molar-refractivity contribution in [1.82, 2.24) is 4.90 Å². The molecule has 3 aromatic carbocycles. The number of nitrogens with zero attached hydrogens (tertiary/aromatic N) is 2. The number of fused-ring (bicyclic) bond motifs is 3. The summed E-state index contributed by atoms with van der Waals surface area (Å²) < 4.78 is 0. The molecule has 0 radical (unpaired) electrons. The van der Waals surface area contributed by atoms with Crippen LogP contribution >= 0.6 is 11.6 Å². The van der Waals surface area contributed by atoms with E-state index in [1.807, 2.05) is 6.07 Å². The molecule has 0 N–H and O–H groups in total. The molecule has 2 saturated heterocycles. The number of allylic oxidation sites excluding steroid dienone is 2. The zero-order valence-electron chi connectivity index (χ0n) is 21.4. The number of carbonyl (C=O) groups excluding carboxylic acids is 5. The van der Waals surface area contributed by atoms with Crippen LogP contribution in [0.5, 0.6) is 0 Å². The summed E-state index contributed by atoms with van der Waals surface area (Å²) in [5, 5.41) is 0.468. The molecule has 7 nitrogen and oxygen atoms in total. The van der Waals surface area contributed by atoms with Gasteiger partial charge < -0.3 is 4.90 Å². The number of Topliss-reactive ketones (excluding diaryl/α,β-unsaturated/α-hetero) is 3. The fourth-order valence-corrected chi connectivity index (χ4v) is 5.96. The van der Waals surface area contributed by atoms with E-state index in [1.165, 1.54) is 6.92 Å². The number of carbonyl (C=O) groups is 5. The topological polar surface area (TPSA) is 91.8 Å². The number of hydrogen-bond acceptors (Lipinski definition) is 6. The molecular weight excluding hydrogens is 528 g/mol. The van der Waals surface area contributed by atoms with E-state index in [9.17, 15) is 24.0 Å². The first-order chi connectivity index (χ1) is 19.3. The molecule has 0 unspecified atom stereocenters. The molecule has 3 aliphatic rings. The van der Waals surface area contributed by atoms with Crippen molar-refractivity contribution in [2.45, 2.75) is 19.0 Å². The van der Waals surface area contributed by atoms with Crippen LogP contribution in [-0.4, -0.2) is 46.1 Å². The van der Waals surface area contributed by atoms with E-state index in [4.69, 9.17) is 11.6 Å². The average Bonchev–Trinajstić information content (AvgIpc) is 3.44. The van der Waals surface area contributed by atoms with Gasteiger partial charge in [-0.3, -0.25) is 24.0 Å². The van der Waals surface area contributed by atoms with Crippen molar-refractivity contribution < 1.29 is 24.0 Å². The number of rotatable bonds is 6. The molecule has 3 aliphatic heterocycles. The lowest BCUT2D eigenvalue weighted by Crippen LogP contribution is -2.46. The molecule has 6 rings (SSSR count). The molecule has 4 atom stereocenters. The number of amides is 2. The average molecular weight is 551 g/mol. The third-order valence-electron chi connectivity index (χ3n) is 7.78. The second-order valence-electron chi connectivity index (χ2n) is 10.1. The molecule has 198 valence electrons. The zero-order valence-corrected chi connectivity index (χ0v) is 22.1. The Morgan fingerprint density at radius 3 is 2.02 bits per heavy atom. The van der Waals surface area contributed by atoms with Crippen LogP contribution in [0.25, 0.3) is 0 Å². The van der Waals surface area contributed by atoms with Gasteiger partial charge in [-0.2, -0.15) is 0 Å². The van der Waals surface area contributed by atoms with E-state index >= 15 is 0 Å². The highest BCUT2D eigenvalue weighted by Crippen LogP contribution is 2.47. The summed E-state index contributed by atoms with van der Waals surface area (Å²) in [5.74, 6) is -3.48. The van der Waals surface area contributed by atoms with Crippen LogP contribution in [0.15, 0.2) is 103 Å². The molecular formula is C32H23ClN2O5. The van der Waals surface area contributed by atoms with E-state index in [-0.39, 0.29) is 17.3 Å². The molecule has 3 heterocycles. The van der Waals surface area contributed by atoms with Gasteiger partial charge in [-0.1, -0.05) is 48.0 Å². The van der Waals surface area contributed by atoms with Crippen LogP contribution in [0, 0.1) is 11.8 Å². The first kappa shape index (κ1) is 25.6. The van der Waals surface area contributed by atoms with Crippen molar-refractivity contribution in [3.63, 3.8) is 0 Å². The maximum atomic E-state index is 13.9. The van der Waals surface area contributed by atoms with Gasteiger partial charge in [0.15, 0.2) is 17.3 Å². The molecule has 8 heteroatoms. The van der Waals surface area contributed by atoms with Gasteiger partial charge in [0, 0.05) is 33.5 Å². The van der Waals surface area contributed by atoms with Gasteiger partial charge in [0.25, 0.3) is 0 Å². The minimum Gasteiger partial charge on any atom is -0.359 e. The van der Waals surface area contributed by atoms with Gasteiger partial charge in [0.1, 0.15) is 6.04 Å². The summed E-state index contributed by atoms with van der Waals surface area (Å²) in [5.41, 5.74) is 2.03. The quantitative estimate of drug-likeness (QED) is 0.319. The van der Waals surface area contributed by atoms with Gasteiger partial charge in [0.2, 0.25) is 11.8 Å². The summed E-state index contributed by atoms with van der Waals surface area (Å²) in [6.07, 6.45) is 4.96. The van der Waals surface area contributed by atoms with E-state index in [2.05, 4.69) is 0 Å². The Morgan fingerprint density at radius 2 is 1.38 bits per heavy atom. The van der Waals surface area contributed by atoms with Crippen LogP contribution in [-0.2, 0) is 9.59 Å². The molecule has 2 fully saturated rings. The Hall–Kier alpha value is -4.62. The molecule has 0 aliphatic carbocycles. The monoisotopic (exact) mass is 550 g/mol. The smallest absolute Gasteiger partial charge is 0.240 e. The largest absolute Gasteiger partial charge is 0.359 e. The third-order valence-corrected chi connectivity index (χ3v) is 8.03. The zero-order chi connectivity index (χ0) is 28.1. The lowest BCUT2D eigenvalue weighted by Gasteiger charge is -2.32. The maximum absolute atomic E-state index is 13.9. The predicted octanol–water partition coefficient (Wildman–Crippen LogP) is 4.92. The number of ketones is 3. The molecule has 0 bridgehead atoms. The molecule has 2 amide bonds.